The van der Waals surface area contributed by atoms with Crippen molar-refractivity contribution in [1.82, 2.24) is 10.2 Å². The molecule has 0 radical (unpaired) electrons. The Morgan fingerprint density at radius 3 is 2.67 bits per heavy atom. The fourth-order valence-electron chi connectivity index (χ4n) is 2.80. The molecule has 1 aliphatic heterocycles. The third kappa shape index (κ3) is 2.72. The van der Waals surface area contributed by atoms with E-state index in [9.17, 15) is 0 Å². The van der Waals surface area contributed by atoms with Crippen molar-refractivity contribution in [2.24, 2.45) is 0 Å². The molecule has 0 aromatic heterocycles. The average Bonchev–Trinajstić information content (AvgIpc) is 2.93. The van der Waals surface area contributed by atoms with Gasteiger partial charge in [0.2, 0.25) is 0 Å². The maximum absolute atomic E-state index is 8.83. The lowest BCUT2D eigenvalue weighted by molar-refractivity contribution is 0.163. The lowest BCUT2D eigenvalue weighted by Crippen LogP contribution is -2.38. The number of nitrogens with one attached hydrogen (secondary N) is 1. The largest absolute Gasteiger partial charge is 0.315 e. The van der Waals surface area contributed by atoms with Crippen LogP contribution in [0.15, 0.2) is 24.3 Å². The van der Waals surface area contributed by atoms with Crippen LogP contribution in [0.5, 0.6) is 0 Å². The van der Waals surface area contributed by atoms with Gasteiger partial charge < -0.3 is 5.32 Å². The Labute approximate surface area is 109 Å². The molecule has 2 unspecified atom stereocenters. The van der Waals surface area contributed by atoms with E-state index in [1.54, 1.807) is 0 Å². The fourth-order valence-corrected chi connectivity index (χ4v) is 2.80. The summed E-state index contributed by atoms with van der Waals surface area (Å²) in [6, 6.07) is 11.2. The Morgan fingerprint density at radius 2 is 2.17 bits per heavy atom. The molecule has 0 spiro atoms. The monoisotopic (exact) mass is 243 g/mol. The number of hydrogen-bond donors (Lipinski definition) is 1. The summed E-state index contributed by atoms with van der Waals surface area (Å²) in [5, 5.41) is 12.3. The Balaban J connectivity index is 2.12. The summed E-state index contributed by atoms with van der Waals surface area (Å²) in [6.07, 6.45) is 1.23. The molecule has 1 aromatic carbocycles. The second kappa shape index (κ2) is 5.99. The van der Waals surface area contributed by atoms with Gasteiger partial charge >= 0.3 is 0 Å². The van der Waals surface area contributed by atoms with Crippen molar-refractivity contribution in [2.45, 2.75) is 32.4 Å². The van der Waals surface area contributed by atoms with Gasteiger partial charge in [0.25, 0.3) is 0 Å². The van der Waals surface area contributed by atoms with Gasteiger partial charge in [-0.25, -0.2) is 0 Å². The van der Waals surface area contributed by atoms with Crippen molar-refractivity contribution in [3.8, 4) is 6.07 Å². The molecule has 0 saturated carbocycles. The van der Waals surface area contributed by atoms with Crippen LogP contribution in [0.2, 0.25) is 0 Å². The minimum absolute atomic E-state index is 0.410. The van der Waals surface area contributed by atoms with Crippen molar-refractivity contribution in [3.63, 3.8) is 0 Å². The number of rotatable bonds is 4. The standard InChI is InChI=1S/C15H21N3/c1-3-18(15-8-9-17-11-15)12(2)14-6-4-13(10-16)5-7-14/h4-7,12,15,17H,3,8-9,11H2,1-2H3. The van der Waals surface area contributed by atoms with Gasteiger partial charge in [-0.05, 0) is 44.1 Å². The van der Waals surface area contributed by atoms with Crippen LogP contribution in [0.3, 0.4) is 0 Å². The molecular weight excluding hydrogens is 222 g/mol. The molecule has 1 heterocycles. The zero-order chi connectivity index (χ0) is 13.0. The summed E-state index contributed by atoms with van der Waals surface area (Å²) in [5.41, 5.74) is 2.03. The first kappa shape index (κ1) is 13.1. The number of benzene rings is 1. The minimum Gasteiger partial charge on any atom is -0.315 e. The number of nitriles is 1. The number of likely N-dealkylation sites (N-methyl/N-ethyl adjacent to an activating group) is 1. The van der Waals surface area contributed by atoms with Gasteiger partial charge in [-0.1, -0.05) is 19.1 Å². The molecule has 1 saturated heterocycles. The Hall–Kier alpha value is -1.37. The van der Waals surface area contributed by atoms with E-state index >= 15 is 0 Å². The molecule has 1 aromatic rings. The van der Waals surface area contributed by atoms with E-state index in [0.717, 1.165) is 25.2 Å². The van der Waals surface area contributed by atoms with Gasteiger partial charge in [0, 0.05) is 18.6 Å². The summed E-state index contributed by atoms with van der Waals surface area (Å²) in [7, 11) is 0. The predicted molar refractivity (Wildman–Crippen MR) is 73.2 cm³/mol. The quantitative estimate of drug-likeness (QED) is 0.882. The van der Waals surface area contributed by atoms with Gasteiger partial charge in [0.05, 0.1) is 11.6 Å². The van der Waals surface area contributed by atoms with Crippen molar-refractivity contribution in [2.75, 3.05) is 19.6 Å². The van der Waals surface area contributed by atoms with Gasteiger partial charge in [0.1, 0.15) is 0 Å². The van der Waals surface area contributed by atoms with Crippen LogP contribution in [0.4, 0.5) is 0 Å². The zero-order valence-corrected chi connectivity index (χ0v) is 11.2. The highest BCUT2D eigenvalue weighted by Crippen LogP contribution is 2.24. The predicted octanol–water partition coefficient (Wildman–Crippen LogP) is 2.30. The van der Waals surface area contributed by atoms with Crippen LogP contribution in [0.1, 0.15) is 37.4 Å². The topological polar surface area (TPSA) is 39.1 Å². The molecular formula is C15H21N3. The minimum atomic E-state index is 0.410. The molecule has 3 heteroatoms. The number of nitrogens with zero attached hydrogens (tertiary/aromatic N) is 2. The maximum Gasteiger partial charge on any atom is 0.0991 e. The highest BCUT2D eigenvalue weighted by atomic mass is 15.2. The highest BCUT2D eigenvalue weighted by molar-refractivity contribution is 5.32. The maximum atomic E-state index is 8.83. The van der Waals surface area contributed by atoms with Crippen LogP contribution >= 0.6 is 0 Å². The average molecular weight is 243 g/mol. The first-order chi connectivity index (χ1) is 8.76. The third-order valence-electron chi connectivity index (χ3n) is 3.89. The lowest BCUT2D eigenvalue weighted by Gasteiger charge is -2.33. The molecule has 1 fully saturated rings. The Morgan fingerprint density at radius 1 is 1.44 bits per heavy atom. The van der Waals surface area contributed by atoms with Gasteiger partial charge in [0.15, 0.2) is 0 Å². The normalized spacial score (nSPS) is 20.9. The molecule has 96 valence electrons. The van der Waals surface area contributed by atoms with E-state index in [1.807, 2.05) is 12.1 Å². The molecule has 2 rings (SSSR count). The van der Waals surface area contributed by atoms with E-state index in [0.29, 0.717) is 12.1 Å². The first-order valence-electron chi connectivity index (χ1n) is 6.72. The second-order valence-electron chi connectivity index (χ2n) is 4.89. The molecule has 1 aliphatic rings. The van der Waals surface area contributed by atoms with Crippen LogP contribution in [-0.2, 0) is 0 Å². The second-order valence-corrected chi connectivity index (χ2v) is 4.89. The molecule has 18 heavy (non-hydrogen) atoms. The molecule has 0 aliphatic carbocycles. The number of hydrogen-bond acceptors (Lipinski definition) is 3. The summed E-state index contributed by atoms with van der Waals surface area (Å²) in [5.74, 6) is 0. The molecule has 0 amide bonds. The molecule has 3 nitrogen and oxygen atoms in total. The van der Waals surface area contributed by atoms with E-state index in [1.165, 1.54) is 12.0 Å². The summed E-state index contributed by atoms with van der Waals surface area (Å²) in [6.45, 7) is 7.75. The van der Waals surface area contributed by atoms with E-state index in [-0.39, 0.29) is 0 Å². The summed E-state index contributed by atoms with van der Waals surface area (Å²) < 4.78 is 0. The lowest BCUT2D eigenvalue weighted by atomic mass is 10.0. The van der Waals surface area contributed by atoms with Gasteiger partial charge in [-0.3, -0.25) is 4.90 Å². The van der Waals surface area contributed by atoms with Crippen molar-refractivity contribution in [3.05, 3.63) is 35.4 Å². The van der Waals surface area contributed by atoms with Gasteiger partial charge in [-0.15, -0.1) is 0 Å². The highest BCUT2D eigenvalue weighted by Gasteiger charge is 2.25. The van der Waals surface area contributed by atoms with Crippen molar-refractivity contribution in [1.29, 1.82) is 5.26 Å². The van der Waals surface area contributed by atoms with Crippen LogP contribution in [0.25, 0.3) is 0 Å². The van der Waals surface area contributed by atoms with Crippen molar-refractivity contribution >= 4 is 0 Å². The van der Waals surface area contributed by atoms with Gasteiger partial charge in [-0.2, -0.15) is 5.26 Å². The smallest absolute Gasteiger partial charge is 0.0991 e. The SMILES string of the molecule is CCN(C1CCNC1)C(C)c1ccc(C#N)cc1. The van der Waals surface area contributed by atoms with Crippen LogP contribution in [-0.4, -0.2) is 30.6 Å². The van der Waals surface area contributed by atoms with Crippen molar-refractivity contribution < 1.29 is 0 Å². The van der Waals surface area contributed by atoms with E-state index in [4.69, 9.17) is 5.26 Å². The van der Waals surface area contributed by atoms with E-state index < -0.39 is 0 Å². The fraction of sp³-hybridized carbons (Fsp3) is 0.533. The first-order valence-corrected chi connectivity index (χ1v) is 6.72. The Bertz CT molecular complexity index is 412. The molecule has 2 atom stereocenters. The molecule has 1 N–H and O–H groups in total. The summed E-state index contributed by atoms with van der Waals surface area (Å²) in [4.78, 5) is 2.54. The zero-order valence-electron chi connectivity index (χ0n) is 11.2. The van der Waals surface area contributed by atoms with E-state index in [2.05, 4.69) is 42.3 Å². The summed E-state index contributed by atoms with van der Waals surface area (Å²) >= 11 is 0. The van der Waals surface area contributed by atoms with Crippen LogP contribution in [0, 0.1) is 11.3 Å². The molecule has 0 bridgehead atoms. The Kier molecular flexibility index (Phi) is 4.35. The third-order valence-corrected chi connectivity index (χ3v) is 3.89. The van der Waals surface area contributed by atoms with Crippen LogP contribution < -0.4 is 5.32 Å².